The molecule has 0 amide bonds. The van der Waals surface area contributed by atoms with Crippen LogP contribution in [0.3, 0.4) is 0 Å². The molecule has 0 spiro atoms. The van der Waals surface area contributed by atoms with Gasteiger partial charge in [0, 0.05) is 23.5 Å². The highest BCUT2D eigenvalue weighted by atomic mass is 35.5. The number of nitrogens with zero attached hydrogens (tertiary/aromatic N) is 1. The topological polar surface area (TPSA) is 78.6 Å². The number of H-pyrrole nitrogens is 2. The van der Waals surface area contributed by atoms with Crippen molar-refractivity contribution in [3.05, 3.63) is 56.1 Å². The summed E-state index contributed by atoms with van der Waals surface area (Å²) in [5, 5.41) is 0.370. The van der Waals surface area contributed by atoms with Gasteiger partial charge in [0.15, 0.2) is 0 Å². The maximum atomic E-state index is 11.7. The number of aromatic amines is 2. The average molecular weight is 278 g/mol. The van der Waals surface area contributed by atoms with E-state index in [0.29, 0.717) is 16.3 Å². The second-order valence-corrected chi connectivity index (χ2v) is 4.26. The molecule has 0 saturated heterocycles. The zero-order chi connectivity index (χ0) is 13.8. The Hall–Kier alpha value is -2.14. The smallest absolute Gasteiger partial charge is 0.313 e. The minimum absolute atomic E-state index is 0.343. The van der Waals surface area contributed by atoms with E-state index in [0.717, 1.165) is 12.0 Å². The van der Waals surface area contributed by atoms with Crippen LogP contribution in [0.25, 0.3) is 17.2 Å². The maximum Gasteiger partial charge on any atom is 0.325 e. The molecule has 0 aliphatic carbocycles. The van der Waals surface area contributed by atoms with Gasteiger partial charge in [-0.25, -0.2) is 9.78 Å². The fraction of sp³-hybridized carbons (Fsp3) is 0.154. The molecule has 0 radical (unpaired) electrons. The van der Waals surface area contributed by atoms with E-state index < -0.39 is 11.2 Å². The van der Waals surface area contributed by atoms with Crippen LogP contribution in [0.15, 0.2) is 34.1 Å². The van der Waals surface area contributed by atoms with Crippen molar-refractivity contribution in [3.8, 4) is 11.1 Å². The van der Waals surface area contributed by atoms with Crippen LogP contribution >= 0.6 is 11.6 Å². The van der Waals surface area contributed by atoms with Gasteiger partial charge >= 0.3 is 5.69 Å². The lowest BCUT2D eigenvalue weighted by Crippen LogP contribution is -2.22. The quantitative estimate of drug-likeness (QED) is 0.844. The molecule has 0 fully saturated rings. The molecule has 5 nitrogen and oxygen atoms in total. The average Bonchev–Trinajstić information content (AvgIpc) is 2.38. The number of hydrogen-bond acceptors (Lipinski definition) is 3. The van der Waals surface area contributed by atoms with E-state index in [-0.39, 0.29) is 0 Å². The van der Waals surface area contributed by atoms with Crippen LogP contribution in [-0.2, 0) is 0 Å². The van der Waals surface area contributed by atoms with Gasteiger partial charge in [0.2, 0.25) is 0 Å². The van der Waals surface area contributed by atoms with Crippen LogP contribution < -0.4 is 11.2 Å². The number of nitrogens with one attached hydrogen (secondary N) is 2. The van der Waals surface area contributed by atoms with Crippen molar-refractivity contribution < 1.29 is 0 Å². The Morgan fingerprint density at radius 3 is 2.89 bits per heavy atom. The number of aromatic nitrogens is 3. The standard InChI is InChI=1S/C13H12ClN3O2/c1-2-3-4-8-5-9(6-15-11(8)14)10-7-16-13(19)17-12(10)18/h3-7H,2H2,1H3,(H2,16,17,18,19). The van der Waals surface area contributed by atoms with E-state index in [1.807, 2.05) is 19.1 Å². The second kappa shape index (κ2) is 5.67. The Bertz CT molecular complexity index is 731. The molecule has 2 heterocycles. The Labute approximate surface area is 114 Å². The van der Waals surface area contributed by atoms with E-state index in [1.165, 1.54) is 12.4 Å². The fourth-order valence-corrected chi connectivity index (χ4v) is 1.76. The first-order chi connectivity index (χ1) is 9.11. The molecule has 0 unspecified atom stereocenters. The van der Waals surface area contributed by atoms with Crippen molar-refractivity contribution in [1.29, 1.82) is 0 Å². The van der Waals surface area contributed by atoms with Gasteiger partial charge in [-0.2, -0.15) is 0 Å². The summed E-state index contributed by atoms with van der Waals surface area (Å²) in [5.41, 5.74) is 0.666. The summed E-state index contributed by atoms with van der Waals surface area (Å²) in [4.78, 5) is 31.3. The third kappa shape index (κ3) is 3.00. The minimum atomic E-state index is -0.540. The van der Waals surface area contributed by atoms with Gasteiger partial charge in [-0.15, -0.1) is 0 Å². The first-order valence-electron chi connectivity index (χ1n) is 5.76. The molecule has 98 valence electrons. The summed E-state index contributed by atoms with van der Waals surface area (Å²) in [6.45, 7) is 2.01. The van der Waals surface area contributed by atoms with E-state index >= 15 is 0 Å². The van der Waals surface area contributed by atoms with Gasteiger partial charge in [0.25, 0.3) is 5.56 Å². The Morgan fingerprint density at radius 2 is 2.21 bits per heavy atom. The summed E-state index contributed by atoms with van der Waals surface area (Å²) < 4.78 is 0. The van der Waals surface area contributed by atoms with Crippen LogP contribution in [0.1, 0.15) is 18.9 Å². The van der Waals surface area contributed by atoms with Crippen LogP contribution in [0.2, 0.25) is 5.15 Å². The molecule has 0 atom stereocenters. The van der Waals surface area contributed by atoms with E-state index in [4.69, 9.17) is 11.6 Å². The van der Waals surface area contributed by atoms with Gasteiger partial charge in [-0.3, -0.25) is 9.78 Å². The molecule has 2 aromatic heterocycles. The lowest BCUT2D eigenvalue weighted by Gasteiger charge is -2.03. The van der Waals surface area contributed by atoms with Crippen LogP contribution in [0, 0.1) is 0 Å². The third-order valence-corrected chi connectivity index (χ3v) is 2.85. The minimum Gasteiger partial charge on any atom is -0.313 e. The molecule has 6 heteroatoms. The first-order valence-corrected chi connectivity index (χ1v) is 6.14. The third-order valence-electron chi connectivity index (χ3n) is 2.53. The largest absolute Gasteiger partial charge is 0.325 e. The van der Waals surface area contributed by atoms with Crippen LogP contribution in [-0.4, -0.2) is 15.0 Å². The van der Waals surface area contributed by atoms with Crippen molar-refractivity contribution in [3.63, 3.8) is 0 Å². The van der Waals surface area contributed by atoms with Crippen molar-refractivity contribution in [1.82, 2.24) is 15.0 Å². The summed E-state index contributed by atoms with van der Waals surface area (Å²) >= 11 is 5.98. The highest BCUT2D eigenvalue weighted by molar-refractivity contribution is 6.30. The van der Waals surface area contributed by atoms with Gasteiger partial charge in [-0.1, -0.05) is 30.7 Å². The Kier molecular flexibility index (Phi) is 3.97. The molecular formula is C13H12ClN3O2. The normalized spacial score (nSPS) is 11.1. The van der Waals surface area contributed by atoms with Crippen LogP contribution in [0.4, 0.5) is 0 Å². The molecular weight excluding hydrogens is 266 g/mol. The second-order valence-electron chi connectivity index (χ2n) is 3.90. The van der Waals surface area contributed by atoms with E-state index in [2.05, 4.69) is 15.0 Å². The number of hydrogen-bond donors (Lipinski definition) is 2. The fourth-order valence-electron chi connectivity index (χ4n) is 1.60. The Morgan fingerprint density at radius 1 is 1.42 bits per heavy atom. The lowest BCUT2D eigenvalue weighted by atomic mass is 10.1. The zero-order valence-electron chi connectivity index (χ0n) is 10.2. The van der Waals surface area contributed by atoms with Crippen molar-refractivity contribution in [2.75, 3.05) is 0 Å². The number of pyridine rings is 1. The molecule has 0 aliphatic rings. The van der Waals surface area contributed by atoms with Gasteiger partial charge in [0.05, 0.1) is 5.56 Å². The monoisotopic (exact) mass is 277 g/mol. The number of allylic oxidation sites excluding steroid dienone is 1. The van der Waals surface area contributed by atoms with Crippen molar-refractivity contribution in [2.24, 2.45) is 0 Å². The highest BCUT2D eigenvalue weighted by Gasteiger charge is 2.07. The molecule has 0 aromatic carbocycles. The van der Waals surface area contributed by atoms with Gasteiger partial charge < -0.3 is 4.98 Å². The predicted octanol–water partition coefficient (Wildman–Crippen LogP) is 2.20. The molecule has 2 N–H and O–H groups in total. The molecule has 2 rings (SSSR count). The summed E-state index contributed by atoms with van der Waals surface area (Å²) in [5.74, 6) is 0. The molecule has 19 heavy (non-hydrogen) atoms. The molecule has 2 aromatic rings. The first kappa shape index (κ1) is 13.3. The van der Waals surface area contributed by atoms with Gasteiger partial charge in [-0.05, 0) is 12.5 Å². The van der Waals surface area contributed by atoms with Crippen LogP contribution in [0.5, 0.6) is 0 Å². The SMILES string of the molecule is CCC=Cc1cc(-c2c[nH]c(=O)[nH]c2=O)cnc1Cl. The molecule has 0 bridgehead atoms. The van der Waals surface area contributed by atoms with E-state index in [9.17, 15) is 9.59 Å². The summed E-state index contributed by atoms with van der Waals surface area (Å²) in [6.07, 6.45) is 7.52. The zero-order valence-corrected chi connectivity index (χ0v) is 11.0. The summed E-state index contributed by atoms with van der Waals surface area (Å²) in [6, 6.07) is 1.75. The number of halogens is 1. The van der Waals surface area contributed by atoms with E-state index in [1.54, 1.807) is 6.07 Å². The van der Waals surface area contributed by atoms with Crippen molar-refractivity contribution >= 4 is 17.7 Å². The van der Waals surface area contributed by atoms with Gasteiger partial charge in [0.1, 0.15) is 5.15 Å². The number of rotatable bonds is 3. The molecule has 0 saturated carbocycles. The highest BCUT2D eigenvalue weighted by Crippen LogP contribution is 2.21. The van der Waals surface area contributed by atoms with Crippen molar-refractivity contribution in [2.45, 2.75) is 13.3 Å². The lowest BCUT2D eigenvalue weighted by molar-refractivity contribution is 1.04. The molecule has 0 aliphatic heterocycles. The summed E-state index contributed by atoms with van der Waals surface area (Å²) in [7, 11) is 0. The maximum absolute atomic E-state index is 11.7. The predicted molar refractivity (Wildman–Crippen MR) is 75.2 cm³/mol. The Balaban J connectivity index is 2.54.